The fraction of sp³-hybridized carbons (Fsp3) is 0.0500. The van der Waals surface area contributed by atoms with Crippen molar-refractivity contribution in [1.82, 2.24) is 15.0 Å². The fourth-order valence-corrected chi connectivity index (χ4v) is 3.38. The van der Waals surface area contributed by atoms with Gasteiger partial charge in [-0.1, -0.05) is 41.4 Å². The third-order valence-electron chi connectivity index (χ3n) is 4.30. The molecule has 0 atom stereocenters. The molecule has 4 aromatic rings. The van der Waals surface area contributed by atoms with E-state index in [1.807, 2.05) is 31.2 Å². The number of fused-ring (bicyclic) bond motifs is 1. The van der Waals surface area contributed by atoms with Gasteiger partial charge in [0.15, 0.2) is 0 Å². The Morgan fingerprint density at radius 3 is 2.40 bits per heavy atom. The maximum Gasteiger partial charge on any atom is 0.353 e. The molecule has 0 saturated carbocycles. The lowest BCUT2D eigenvalue weighted by Crippen LogP contribution is -2.06. The van der Waals surface area contributed by atoms with Crippen LogP contribution in [0.4, 0.5) is 28.7 Å². The van der Waals surface area contributed by atoms with Crippen LogP contribution in [-0.4, -0.2) is 19.9 Å². The van der Waals surface area contributed by atoms with Gasteiger partial charge in [0.05, 0.1) is 26.8 Å². The van der Waals surface area contributed by atoms with Gasteiger partial charge in [0.1, 0.15) is 6.33 Å². The molecule has 8 nitrogen and oxygen atoms in total. The zero-order valence-electron chi connectivity index (χ0n) is 15.6. The number of rotatable bonds is 5. The number of aryl methyl sites for hydroxylation is 1. The Morgan fingerprint density at radius 1 is 0.967 bits per heavy atom. The topological polar surface area (TPSA) is 106 Å². The molecule has 0 amide bonds. The number of hydrogen-bond acceptors (Lipinski definition) is 7. The molecular formula is C20H14Cl2N6O2. The summed E-state index contributed by atoms with van der Waals surface area (Å²) in [5, 5.41) is 19.4. The van der Waals surface area contributed by atoms with Crippen molar-refractivity contribution in [2.45, 2.75) is 6.92 Å². The van der Waals surface area contributed by atoms with Gasteiger partial charge in [0.2, 0.25) is 11.6 Å². The van der Waals surface area contributed by atoms with Crippen LogP contribution < -0.4 is 10.6 Å². The Hall–Kier alpha value is -3.49. The van der Waals surface area contributed by atoms with Crippen LogP contribution in [0.3, 0.4) is 0 Å². The summed E-state index contributed by atoms with van der Waals surface area (Å²) in [5.74, 6) is 0.0180. The van der Waals surface area contributed by atoms with Gasteiger partial charge in [-0.3, -0.25) is 15.1 Å². The summed E-state index contributed by atoms with van der Waals surface area (Å²) < 4.78 is 0. The number of halogens is 2. The maximum atomic E-state index is 11.9. The van der Waals surface area contributed by atoms with Gasteiger partial charge in [0, 0.05) is 16.1 Å². The number of benzene rings is 2. The highest BCUT2D eigenvalue weighted by Gasteiger charge is 2.24. The van der Waals surface area contributed by atoms with Crippen LogP contribution in [0.5, 0.6) is 0 Å². The van der Waals surface area contributed by atoms with E-state index in [2.05, 4.69) is 25.6 Å². The molecule has 2 aromatic carbocycles. The van der Waals surface area contributed by atoms with E-state index in [0.717, 1.165) is 11.1 Å². The molecule has 0 aliphatic rings. The first-order valence-electron chi connectivity index (χ1n) is 8.77. The lowest BCUT2D eigenvalue weighted by atomic mass is 10.1. The molecule has 0 fully saturated rings. The molecule has 0 saturated heterocycles. The van der Waals surface area contributed by atoms with Crippen LogP contribution in [0.2, 0.25) is 10.0 Å². The van der Waals surface area contributed by atoms with E-state index >= 15 is 0 Å². The number of hydrogen-bond donors (Lipinski definition) is 2. The molecule has 30 heavy (non-hydrogen) atoms. The van der Waals surface area contributed by atoms with Gasteiger partial charge in [-0.25, -0.2) is 9.97 Å². The summed E-state index contributed by atoms with van der Waals surface area (Å²) >= 11 is 12.1. The van der Waals surface area contributed by atoms with Crippen LogP contribution in [0.25, 0.3) is 10.9 Å². The smallest absolute Gasteiger partial charge is 0.333 e. The molecule has 10 heteroatoms. The van der Waals surface area contributed by atoms with Gasteiger partial charge in [-0.05, 0) is 37.3 Å². The molecule has 4 rings (SSSR count). The first kappa shape index (κ1) is 19.8. The third kappa shape index (κ3) is 3.96. The average molecular weight is 441 g/mol. The highest BCUT2D eigenvalue weighted by molar-refractivity contribution is 6.36. The van der Waals surface area contributed by atoms with E-state index in [4.69, 9.17) is 23.2 Å². The number of pyridine rings is 1. The van der Waals surface area contributed by atoms with E-state index < -0.39 is 4.92 Å². The van der Waals surface area contributed by atoms with Crippen molar-refractivity contribution in [1.29, 1.82) is 0 Å². The Balaban J connectivity index is 1.77. The van der Waals surface area contributed by atoms with Crippen molar-refractivity contribution >= 4 is 62.8 Å². The van der Waals surface area contributed by atoms with Crippen molar-refractivity contribution in [3.8, 4) is 0 Å². The number of anilines is 4. The first-order chi connectivity index (χ1) is 14.4. The van der Waals surface area contributed by atoms with Crippen LogP contribution >= 0.6 is 23.2 Å². The predicted octanol–water partition coefficient (Wildman–Crippen LogP) is 6.04. The van der Waals surface area contributed by atoms with Gasteiger partial charge >= 0.3 is 5.69 Å². The van der Waals surface area contributed by atoms with Crippen molar-refractivity contribution in [3.05, 3.63) is 80.7 Å². The van der Waals surface area contributed by atoms with Gasteiger partial charge in [0.25, 0.3) is 0 Å². The summed E-state index contributed by atoms with van der Waals surface area (Å²) in [6.45, 7) is 1.88. The van der Waals surface area contributed by atoms with E-state index in [9.17, 15) is 10.1 Å². The lowest BCUT2D eigenvalue weighted by Gasteiger charge is -2.12. The van der Waals surface area contributed by atoms with E-state index in [-0.39, 0.29) is 17.3 Å². The maximum absolute atomic E-state index is 11.9. The molecule has 2 aromatic heterocycles. The van der Waals surface area contributed by atoms with Crippen molar-refractivity contribution < 1.29 is 4.92 Å². The SMILES string of the molecule is Cc1ccc2cccc(Nc3ncnc(Nc4ccc(Cl)cc4Cl)c3[N+](=O)[O-])c2n1. The number of nitrogens with zero attached hydrogens (tertiary/aromatic N) is 4. The minimum Gasteiger partial charge on any atom is -0.333 e. The number of para-hydroxylation sites is 1. The van der Waals surface area contributed by atoms with E-state index in [0.29, 0.717) is 26.9 Å². The lowest BCUT2D eigenvalue weighted by molar-refractivity contribution is -0.383. The molecule has 0 radical (unpaired) electrons. The number of aromatic nitrogens is 3. The second-order valence-electron chi connectivity index (χ2n) is 6.38. The molecule has 0 aliphatic heterocycles. The minimum absolute atomic E-state index is 0.00824. The third-order valence-corrected chi connectivity index (χ3v) is 4.85. The Morgan fingerprint density at radius 2 is 1.70 bits per heavy atom. The van der Waals surface area contributed by atoms with Crippen molar-refractivity contribution in [2.24, 2.45) is 0 Å². The van der Waals surface area contributed by atoms with Gasteiger partial charge in [-0.2, -0.15) is 0 Å². The molecule has 0 unspecified atom stereocenters. The summed E-state index contributed by atoms with van der Waals surface area (Å²) in [6.07, 6.45) is 1.23. The largest absolute Gasteiger partial charge is 0.353 e. The van der Waals surface area contributed by atoms with E-state index in [1.165, 1.54) is 12.4 Å². The average Bonchev–Trinajstić information content (AvgIpc) is 2.70. The van der Waals surface area contributed by atoms with Crippen LogP contribution in [0.1, 0.15) is 5.69 Å². The highest BCUT2D eigenvalue weighted by atomic mass is 35.5. The second kappa shape index (κ2) is 8.10. The van der Waals surface area contributed by atoms with E-state index in [1.54, 1.807) is 18.2 Å². The molecule has 150 valence electrons. The molecule has 2 N–H and O–H groups in total. The quantitative estimate of drug-likeness (QED) is 0.287. The standard InChI is InChI=1S/C20H14Cl2N6O2/c1-11-5-6-12-3-2-4-16(17(12)25-11)27-20-18(28(29)30)19(23-10-24-20)26-15-8-7-13(21)9-14(15)22/h2-10H,1H3,(H2,23,24,26,27). The second-order valence-corrected chi connectivity index (χ2v) is 7.22. The summed E-state index contributed by atoms with van der Waals surface area (Å²) in [6, 6.07) is 14.1. The Labute approximate surface area is 181 Å². The molecule has 2 heterocycles. The molecule has 0 spiro atoms. The van der Waals surface area contributed by atoms with Gasteiger partial charge < -0.3 is 10.6 Å². The molecular weight excluding hydrogens is 427 g/mol. The summed E-state index contributed by atoms with van der Waals surface area (Å²) in [7, 11) is 0. The monoisotopic (exact) mass is 440 g/mol. The Bertz CT molecular complexity index is 1280. The van der Waals surface area contributed by atoms with Crippen molar-refractivity contribution in [2.75, 3.05) is 10.6 Å². The zero-order valence-corrected chi connectivity index (χ0v) is 17.1. The Kier molecular flexibility index (Phi) is 5.35. The number of nitro groups is 1. The zero-order chi connectivity index (χ0) is 21.3. The number of nitrogens with one attached hydrogen (secondary N) is 2. The van der Waals surface area contributed by atoms with Crippen LogP contribution in [-0.2, 0) is 0 Å². The van der Waals surface area contributed by atoms with Crippen LogP contribution in [0.15, 0.2) is 54.9 Å². The normalized spacial score (nSPS) is 10.8. The molecule has 0 aliphatic carbocycles. The first-order valence-corrected chi connectivity index (χ1v) is 9.53. The summed E-state index contributed by atoms with van der Waals surface area (Å²) in [5.41, 5.74) is 2.20. The van der Waals surface area contributed by atoms with Crippen LogP contribution in [0, 0.1) is 17.0 Å². The van der Waals surface area contributed by atoms with Crippen molar-refractivity contribution in [3.63, 3.8) is 0 Å². The predicted molar refractivity (Wildman–Crippen MR) is 118 cm³/mol. The van der Waals surface area contributed by atoms with Gasteiger partial charge in [-0.15, -0.1) is 0 Å². The highest BCUT2D eigenvalue weighted by Crippen LogP contribution is 2.36. The molecule has 0 bridgehead atoms. The summed E-state index contributed by atoms with van der Waals surface area (Å²) in [4.78, 5) is 23.9. The fourth-order valence-electron chi connectivity index (χ4n) is 2.93. The minimum atomic E-state index is -0.557.